The van der Waals surface area contributed by atoms with Crippen LogP contribution in [0.25, 0.3) is 0 Å². The van der Waals surface area contributed by atoms with Crippen LogP contribution in [0.1, 0.15) is 24.8 Å². The first-order valence-electron chi connectivity index (χ1n) is 6.11. The van der Waals surface area contributed by atoms with Crippen LogP contribution in [0.5, 0.6) is 0 Å². The predicted octanol–water partition coefficient (Wildman–Crippen LogP) is 2.77. The zero-order chi connectivity index (χ0) is 12.9. The van der Waals surface area contributed by atoms with Gasteiger partial charge in [0.05, 0.1) is 12.1 Å². The molecule has 3 nitrogen and oxygen atoms in total. The van der Waals surface area contributed by atoms with E-state index in [1.807, 2.05) is 18.2 Å². The normalized spacial score (nSPS) is 34.1. The van der Waals surface area contributed by atoms with E-state index in [-0.39, 0.29) is 6.04 Å². The molecule has 5 heteroatoms. The van der Waals surface area contributed by atoms with Crippen LogP contribution in [-0.4, -0.2) is 18.0 Å². The van der Waals surface area contributed by atoms with Crippen molar-refractivity contribution >= 4 is 29.2 Å². The molecule has 1 aliphatic heterocycles. The molecular formula is C13H15Cl2N3. The Kier molecular flexibility index (Phi) is 2.91. The number of nitrogens with two attached hydrogens (primary N) is 1. The molecule has 0 bridgehead atoms. The quantitative estimate of drug-likeness (QED) is 0.833. The maximum absolute atomic E-state index is 6.29. The molecule has 3 N–H and O–H groups in total. The summed E-state index contributed by atoms with van der Waals surface area (Å²) < 4.78 is 0. The third-order valence-electron chi connectivity index (χ3n) is 4.07. The van der Waals surface area contributed by atoms with E-state index in [0.29, 0.717) is 23.8 Å². The third kappa shape index (κ3) is 1.86. The number of guanidine groups is 1. The van der Waals surface area contributed by atoms with Gasteiger partial charge in [-0.15, -0.1) is 0 Å². The Morgan fingerprint density at radius 1 is 1.39 bits per heavy atom. The molecule has 0 saturated heterocycles. The molecule has 0 aromatic heterocycles. The highest BCUT2D eigenvalue weighted by atomic mass is 35.5. The lowest BCUT2D eigenvalue weighted by Gasteiger charge is -2.19. The van der Waals surface area contributed by atoms with Gasteiger partial charge in [-0.25, -0.2) is 4.99 Å². The average Bonchev–Trinajstić information content (AvgIpc) is 2.81. The van der Waals surface area contributed by atoms with E-state index in [4.69, 9.17) is 28.9 Å². The number of aliphatic imine (C=N–C) groups is 1. The number of halogens is 2. The van der Waals surface area contributed by atoms with Crippen LogP contribution < -0.4 is 11.1 Å². The molecule has 96 valence electrons. The predicted molar refractivity (Wildman–Crippen MR) is 75.3 cm³/mol. The van der Waals surface area contributed by atoms with Crippen LogP contribution in [0.2, 0.25) is 10.0 Å². The van der Waals surface area contributed by atoms with Crippen LogP contribution in [0.4, 0.5) is 0 Å². The molecule has 1 fully saturated rings. The molecule has 18 heavy (non-hydrogen) atoms. The average molecular weight is 284 g/mol. The SMILES string of the molecule is C[C@@H]1C2N=C(N)NC2C[C@@H]1c1cc(Cl)ccc1Cl. The minimum atomic E-state index is 0.255. The molecule has 0 amide bonds. The van der Waals surface area contributed by atoms with Gasteiger partial charge in [0.25, 0.3) is 0 Å². The van der Waals surface area contributed by atoms with Crippen molar-refractivity contribution in [2.45, 2.75) is 31.3 Å². The number of fused-ring (bicyclic) bond motifs is 1. The molecular weight excluding hydrogens is 269 g/mol. The van der Waals surface area contributed by atoms with Gasteiger partial charge in [-0.1, -0.05) is 30.1 Å². The van der Waals surface area contributed by atoms with Gasteiger partial charge in [-0.3, -0.25) is 0 Å². The first-order chi connectivity index (χ1) is 8.56. The summed E-state index contributed by atoms with van der Waals surface area (Å²) in [6.45, 7) is 2.20. The first-order valence-corrected chi connectivity index (χ1v) is 6.86. The lowest BCUT2D eigenvalue weighted by Crippen LogP contribution is -2.35. The van der Waals surface area contributed by atoms with Crippen LogP contribution >= 0.6 is 23.2 Å². The fourth-order valence-corrected chi connectivity index (χ4v) is 3.62. The standard InChI is InChI=1S/C13H15Cl2N3/c1-6-8(5-11-12(6)18-13(16)17-11)9-4-7(14)2-3-10(9)15/h2-4,6,8,11-12H,5H2,1H3,(H3,16,17,18)/t6-,8-,11?,12?/m0/s1. The van der Waals surface area contributed by atoms with Gasteiger partial charge < -0.3 is 11.1 Å². The second kappa shape index (κ2) is 4.32. The monoisotopic (exact) mass is 283 g/mol. The van der Waals surface area contributed by atoms with Crippen LogP contribution in [0, 0.1) is 5.92 Å². The molecule has 1 aromatic carbocycles. The number of hydrogen-bond donors (Lipinski definition) is 2. The molecule has 1 saturated carbocycles. The number of nitrogens with zero attached hydrogens (tertiary/aromatic N) is 1. The molecule has 2 unspecified atom stereocenters. The van der Waals surface area contributed by atoms with E-state index in [9.17, 15) is 0 Å². The Bertz CT molecular complexity index is 515. The lowest BCUT2D eigenvalue weighted by atomic mass is 9.89. The summed E-state index contributed by atoms with van der Waals surface area (Å²) in [6.07, 6.45) is 0.996. The lowest BCUT2D eigenvalue weighted by molar-refractivity contribution is 0.476. The molecule has 0 radical (unpaired) electrons. The minimum absolute atomic E-state index is 0.255. The number of hydrogen-bond acceptors (Lipinski definition) is 3. The fraction of sp³-hybridized carbons (Fsp3) is 0.462. The summed E-state index contributed by atoms with van der Waals surface area (Å²) >= 11 is 12.4. The second-order valence-electron chi connectivity index (χ2n) is 5.12. The van der Waals surface area contributed by atoms with Crippen molar-refractivity contribution in [1.29, 1.82) is 0 Å². The van der Waals surface area contributed by atoms with Gasteiger partial charge in [-0.05, 0) is 42.0 Å². The Hall–Kier alpha value is -0.930. The Balaban J connectivity index is 1.93. The van der Waals surface area contributed by atoms with Gasteiger partial charge in [0.1, 0.15) is 0 Å². The third-order valence-corrected chi connectivity index (χ3v) is 4.65. The van der Waals surface area contributed by atoms with Crippen molar-refractivity contribution in [3.8, 4) is 0 Å². The smallest absolute Gasteiger partial charge is 0.189 e. The van der Waals surface area contributed by atoms with Crippen LogP contribution in [0.15, 0.2) is 23.2 Å². The Labute approximate surface area is 116 Å². The fourth-order valence-electron chi connectivity index (χ4n) is 3.18. The van der Waals surface area contributed by atoms with Crippen LogP contribution in [0.3, 0.4) is 0 Å². The molecule has 3 rings (SSSR count). The molecule has 1 aromatic rings. The maximum Gasteiger partial charge on any atom is 0.189 e. The van der Waals surface area contributed by atoms with Gasteiger partial charge >= 0.3 is 0 Å². The zero-order valence-electron chi connectivity index (χ0n) is 10.0. The largest absolute Gasteiger partial charge is 0.370 e. The first kappa shape index (κ1) is 12.1. The molecule has 2 aliphatic rings. The van der Waals surface area contributed by atoms with Crippen molar-refractivity contribution in [2.24, 2.45) is 16.6 Å². The van der Waals surface area contributed by atoms with E-state index in [1.165, 1.54) is 0 Å². The number of rotatable bonds is 1. The molecule has 1 aliphatic carbocycles. The summed E-state index contributed by atoms with van der Waals surface area (Å²) in [4.78, 5) is 4.47. The van der Waals surface area contributed by atoms with Crippen molar-refractivity contribution in [3.63, 3.8) is 0 Å². The van der Waals surface area contributed by atoms with E-state index >= 15 is 0 Å². The summed E-state index contributed by atoms with van der Waals surface area (Å²) in [6, 6.07) is 6.25. The van der Waals surface area contributed by atoms with Crippen molar-refractivity contribution in [3.05, 3.63) is 33.8 Å². The summed E-state index contributed by atoms with van der Waals surface area (Å²) in [5.74, 6) is 1.36. The minimum Gasteiger partial charge on any atom is -0.370 e. The van der Waals surface area contributed by atoms with Crippen molar-refractivity contribution in [2.75, 3.05) is 0 Å². The van der Waals surface area contributed by atoms with E-state index in [2.05, 4.69) is 17.2 Å². The Morgan fingerprint density at radius 3 is 2.89 bits per heavy atom. The molecule has 0 spiro atoms. The van der Waals surface area contributed by atoms with Crippen molar-refractivity contribution in [1.82, 2.24) is 5.32 Å². The Morgan fingerprint density at radius 2 is 2.17 bits per heavy atom. The molecule has 1 heterocycles. The number of nitrogens with one attached hydrogen (secondary N) is 1. The highest BCUT2D eigenvalue weighted by Crippen LogP contribution is 2.45. The molecule has 4 atom stereocenters. The zero-order valence-corrected chi connectivity index (χ0v) is 11.5. The summed E-state index contributed by atoms with van der Waals surface area (Å²) in [5.41, 5.74) is 6.84. The van der Waals surface area contributed by atoms with E-state index in [0.717, 1.165) is 22.0 Å². The maximum atomic E-state index is 6.29. The highest BCUT2D eigenvalue weighted by molar-refractivity contribution is 6.33. The van der Waals surface area contributed by atoms with Crippen LogP contribution in [-0.2, 0) is 0 Å². The topological polar surface area (TPSA) is 50.4 Å². The van der Waals surface area contributed by atoms with Gasteiger partial charge in [0.15, 0.2) is 5.96 Å². The van der Waals surface area contributed by atoms with Gasteiger partial charge in [0.2, 0.25) is 0 Å². The number of benzene rings is 1. The van der Waals surface area contributed by atoms with Gasteiger partial charge in [0, 0.05) is 10.0 Å². The summed E-state index contributed by atoms with van der Waals surface area (Å²) in [7, 11) is 0. The van der Waals surface area contributed by atoms with E-state index < -0.39 is 0 Å². The summed E-state index contributed by atoms with van der Waals surface area (Å²) in [5, 5.41) is 4.75. The van der Waals surface area contributed by atoms with Gasteiger partial charge in [-0.2, -0.15) is 0 Å². The van der Waals surface area contributed by atoms with Crippen molar-refractivity contribution < 1.29 is 0 Å². The highest BCUT2D eigenvalue weighted by Gasteiger charge is 2.44. The van der Waals surface area contributed by atoms with E-state index in [1.54, 1.807) is 0 Å². The second-order valence-corrected chi connectivity index (χ2v) is 5.97.